The van der Waals surface area contributed by atoms with Crippen LogP contribution in [-0.4, -0.2) is 42.5 Å². The molecule has 0 unspecified atom stereocenters. The number of nitrogens with zero attached hydrogens (tertiary/aromatic N) is 3. The molecule has 0 saturated carbocycles. The van der Waals surface area contributed by atoms with Crippen molar-refractivity contribution in [3.8, 4) is 6.07 Å². The third kappa shape index (κ3) is 5.98. The number of carbonyl (C=O) groups excluding carboxylic acids is 2. The lowest BCUT2D eigenvalue weighted by atomic mass is 10.1. The van der Waals surface area contributed by atoms with E-state index in [4.69, 9.17) is 45.1 Å². The number of rotatable bonds is 7. The van der Waals surface area contributed by atoms with Crippen LogP contribution in [0.25, 0.3) is 6.08 Å². The highest BCUT2D eigenvalue weighted by Gasteiger charge is 2.35. The van der Waals surface area contributed by atoms with E-state index in [0.29, 0.717) is 0 Å². The van der Waals surface area contributed by atoms with Crippen molar-refractivity contribution in [3.05, 3.63) is 57.5 Å². The van der Waals surface area contributed by atoms with Crippen molar-refractivity contribution in [2.45, 2.75) is 13.0 Å². The molecule has 3 rings (SSSR count). The van der Waals surface area contributed by atoms with E-state index in [0.717, 1.165) is 15.5 Å². The first-order valence-electron chi connectivity index (χ1n) is 9.28. The van der Waals surface area contributed by atoms with Crippen LogP contribution in [-0.2, 0) is 26.2 Å². The first-order chi connectivity index (χ1) is 15.5. The minimum atomic E-state index is -3.58. The summed E-state index contributed by atoms with van der Waals surface area (Å²) < 4.78 is 30.6. The molecule has 33 heavy (non-hydrogen) atoms. The van der Waals surface area contributed by atoms with E-state index in [2.05, 4.69) is 5.32 Å². The maximum Gasteiger partial charge on any atom is 0.270 e. The Hall–Kier alpha value is -2.75. The zero-order chi connectivity index (χ0) is 24.3. The third-order valence-electron chi connectivity index (χ3n) is 4.45. The normalized spacial score (nSPS) is 15.8. The number of nitriles is 1. The molecule has 2 amide bonds. The second-order valence-corrected chi connectivity index (χ2v) is 10.1. The van der Waals surface area contributed by atoms with Crippen LogP contribution >= 0.6 is 35.4 Å². The molecule has 13 heteroatoms. The summed E-state index contributed by atoms with van der Waals surface area (Å²) in [5.74, 6) is -1.03. The maximum absolute atomic E-state index is 13.1. The quantitative estimate of drug-likeness (QED) is 0.334. The van der Waals surface area contributed by atoms with Crippen molar-refractivity contribution < 1.29 is 22.4 Å². The van der Waals surface area contributed by atoms with Gasteiger partial charge in [0.25, 0.3) is 11.8 Å². The van der Waals surface area contributed by atoms with Crippen LogP contribution in [0.15, 0.2) is 40.3 Å². The van der Waals surface area contributed by atoms with Gasteiger partial charge >= 0.3 is 0 Å². The number of carbonyl (C=O) groups is 2. The fraction of sp³-hybridized carbons (Fsp3) is 0.200. The summed E-state index contributed by atoms with van der Waals surface area (Å²) in [6.07, 6.45) is 2.27. The van der Waals surface area contributed by atoms with Gasteiger partial charge in [-0.2, -0.15) is 9.57 Å². The van der Waals surface area contributed by atoms with E-state index in [1.807, 2.05) is 6.07 Å². The SMILES string of the molecule is CS(=O)(=O)N(CCC#N)Cc1ccc(/C=C2\C(=O)NC(=S)N(c3cc(Cl)cc(Cl)c3)C2=O)o1. The van der Waals surface area contributed by atoms with Gasteiger partial charge in [-0.15, -0.1) is 0 Å². The van der Waals surface area contributed by atoms with Crippen molar-refractivity contribution in [2.24, 2.45) is 0 Å². The van der Waals surface area contributed by atoms with Crippen LogP contribution in [0.2, 0.25) is 10.0 Å². The summed E-state index contributed by atoms with van der Waals surface area (Å²) in [5.41, 5.74) is 0.0138. The molecule has 1 aromatic carbocycles. The van der Waals surface area contributed by atoms with E-state index >= 15 is 0 Å². The molecular formula is C20H16Cl2N4O5S2. The Morgan fingerprint density at radius 2 is 1.91 bits per heavy atom. The van der Waals surface area contributed by atoms with Crippen LogP contribution in [0, 0.1) is 11.3 Å². The Labute approximate surface area is 205 Å². The fourth-order valence-electron chi connectivity index (χ4n) is 2.97. The average molecular weight is 527 g/mol. The lowest BCUT2D eigenvalue weighted by molar-refractivity contribution is -0.122. The van der Waals surface area contributed by atoms with Crippen LogP contribution in [0.4, 0.5) is 5.69 Å². The lowest BCUT2D eigenvalue weighted by Crippen LogP contribution is -2.54. The molecule has 0 atom stereocenters. The molecule has 0 aliphatic carbocycles. The van der Waals surface area contributed by atoms with Crippen molar-refractivity contribution in [3.63, 3.8) is 0 Å². The first-order valence-corrected chi connectivity index (χ1v) is 12.3. The number of hydrogen-bond acceptors (Lipinski definition) is 7. The zero-order valence-corrected chi connectivity index (χ0v) is 20.2. The Morgan fingerprint density at radius 1 is 1.24 bits per heavy atom. The summed E-state index contributed by atoms with van der Waals surface area (Å²) >= 11 is 17.2. The van der Waals surface area contributed by atoms with E-state index in [9.17, 15) is 18.0 Å². The third-order valence-corrected chi connectivity index (χ3v) is 6.42. The number of furan rings is 1. The van der Waals surface area contributed by atoms with E-state index < -0.39 is 21.8 Å². The summed E-state index contributed by atoms with van der Waals surface area (Å²) in [5, 5.41) is 11.6. The number of halogens is 2. The molecule has 9 nitrogen and oxygen atoms in total. The highest BCUT2D eigenvalue weighted by molar-refractivity contribution is 7.88. The Kier molecular flexibility index (Phi) is 7.56. The van der Waals surface area contributed by atoms with Crippen LogP contribution in [0.1, 0.15) is 17.9 Å². The topological polar surface area (TPSA) is 124 Å². The first kappa shape index (κ1) is 24.9. The van der Waals surface area contributed by atoms with Crippen molar-refractivity contribution in [1.82, 2.24) is 9.62 Å². The molecule has 0 radical (unpaired) electrons. The number of benzene rings is 1. The summed E-state index contributed by atoms with van der Waals surface area (Å²) in [7, 11) is -3.58. The second-order valence-electron chi connectivity index (χ2n) is 6.89. The molecule has 1 N–H and O–H groups in total. The molecule has 2 heterocycles. The smallest absolute Gasteiger partial charge is 0.270 e. The van der Waals surface area contributed by atoms with Gasteiger partial charge in [0.15, 0.2) is 5.11 Å². The highest BCUT2D eigenvalue weighted by atomic mass is 35.5. The second kappa shape index (κ2) is 10.0. The van der Waals surface area contributed by atoms with Crippen LogP contribution < -0.4 is 10.2 Å². The number of sulfonamides is 1. The highest BCUT2D eigenvalue weighted by Crippen LogP contribution is 2.28. The van der Waals surface area contributed by atoms with Crippen LogP contribution in [0.3, 0.4) is 0 Å². The van der Waals surface area contributed by atoms with Gasteiger partial charge < -0.3 is 4.42 Å². The molecule has 172 valence electrons. The average Bonchev–Trinajstić information content (AvgIpc) is 3.14. The number of hydrogen-bond donors (Lipinski definition) is 1. The predicted octanol–water partition coefficient (Wildman–Crippen LogP) is 3.09. The Bertz CT molecular complexity index is 1290. The largest absolute Gasteiger partial charge is 0.460 e. The van der Waals surface area contributed by atoms with Crippen molar-refractivity contribution >= 4 is 74.1 Å². The molecular weight excluding hydrogens is 511 g/mol. The molecule has 2 aromatic rings. The van der Waals surface area contributed by atoms with Crippen LogP contribution in [0.5, 0.6) is 0 Å². The van der Waals surface area contributed by atoms with Crippen molar-refractivity contribution in [1.29, 1.82) is 5.26 Å². The Morgan fingerprint density at radius 3 is 2.52 bits per heavy atom. The van der Waals surface area contributed by atoms with Crippen molar-refractivity contribution in [2.75, 3.05) is 17.7 Å². The molecule has 1 aliphatic heterocycles. The van der Waals surface area contributed by atoms with Gasteiger partial charge in [0.2, 0.25) is 10.0 Å². The molecule has 1 aromatic heterocycles. The maximum atomic E-state index is 13.1. The van der Waals surface area contributed by atoms with Gasteiger partial charge in [-0.25, -0.2) is 8.42 Å². The number of anilines is 1. The van der Waals surface area contributed by atoms with E-state index in [-0.39, 0.29) is 57.4 Å². The molecule has 0 spiro atoms. The minimum absolute atomic E-state index is 0.00193. The molecule has 0 bridgehead atoms. The van der Waals surface area contributed by atoms with Gasteiger partial charge in [0.1, 0.15) is 17.1 Å². The predicted molar refractivity (Wildman–Crippen MR) is 127 cm³/mol. The van der Waals surface area contributed by atoms with E-state index in [1.165, 1.54) is 36.4 Å². The standard InChI is InChI=1S/C20H16Cl2N4O5S2/c1-33(29,30)25(6-2-5-23)11-16-4-3-15(31-16)10-17-18(27)24-20(32)26(19(17)28)14-8-12(21)7-13(22)9-14/h3-4,7-10H,2,6,11H2,1H3,(H,24,27,32)/b17-10+. The van der Waals surface area contributed by atoms with Gasteiger partial charge in [-0.3, -0.25) is 19.8 Å². The summed E-state index contributed by atoms with van der Waals surface area (Å²) in [4.78, 5) is 26.6. The monoisotopic (exact) mass is 526 g/mol. The minimum Gasteiger partial charge on any atom is -0.460 e. The van der Waals surface area contributed by atoms with Gasteiger partial charge in [-0.1, -0.05) is 23.2 Å². The van der Waals surface area contributed by atoms with Gasteiger partial charge in [0.05, 0.1) is 24.6 Å². The number of amides is 2. The van der Waals surface area contributed by atoms with Gasteiger partial charge in [0, 0.05) is 23.0 Å². The summed E-state index contributed by atoms with van der Waals surface area (Å²) in [6, 6.07) is 9.32. The zero-order valence-electron chi connectivity index (χ0n) is 17.0. The Balaban J connectivity index is 1.89. The fourth-order valence-corrected chi connectivity index (χ4v) is 4.55. The molecule has 1 fully saturated rings. The van der Waals surface area contributed by atoms with E-state index in [1.54, 1.807) is 0 Å². The molecule has 1 saturated heterocycles. The number of nitrogens with one attached hydrogen (secondary N) is 1. The van der Waals surface area contributed by atoms with Gasteiger partial charge in [-0.05, 0) is 48.6 Å². The molecule has 1 aliphatic rings. The number of thiocarbonyl (C=S) groups is 1. The summed E-state index contributed by atoms with van der Waals surface area (Å²) in [6.45, 7) is -0.108. The lowest BCUT2D eigenvalue weighted by Gasteiger charge is -2.29.